The van der Waals surface area contributed by atoms with Crippen molar-refractivity contribution in [2.45, 2.75) is 25.4 Å². The van der Waals surface area contributed by atoms with E-state index in [-0.39, 0.29) is 17.9 Å². The predicted octanol–water partition coefficient (Wildman–Crippen LogP) is 1.14. The molecule has 1 aromatic heterocycles. The highest BCUT2D eigenvalue weighted by Crippen LogP contribution is 2.31. The molecule has 0 bridgehead atoms. The van der Waals surface area contributed by atoms with Crippen LogP contribution in [0.4, 0.5) is 5.69 Å². The molecule has 2 rings (SSSR count). The molecule has 1 fully saturated rings. The van der Waals surface area contributed by atoms with Crippen molar-refractivity contribution in [1.82, 2.24) is 9.78 Å². The second-order valence-corrected chi connectivity index (χ2v) is 4.00. The predicted molar refractivity (Wildman–Crippen MR) is 57.4 cm³/mol. The van der Waals surface area contributed by atoms with Crippen molar-refractivity contribution >= 4 is 11.5 Å². The summed E-state index contributed by atoms with van der Waals surface area (Å²) in [5.74, 6) is 0.0722. The van der Waals surface area contributed by atoms with Crippen LogP contribution < -0.4 is 0 Å². The minimum absolute atomic E-state index is 0.0722. The summed E-state index contributed by atoms with van der Waals surface area (Å²) in [7, 11) is 1.61. The van der Waals surface area contributed by atoms with Crippen LogP contribution in [0, 0.1) is 10.1 Å². The van der Waals surface area contributed by atoms with Crippen molar-refractivity contribution in [3.63, 3.8) is 0 Å². The molecule has 1 saturated heterocycles. The number of carbonyl (C=O) groups is 1. The second kappa shape index (κ2) is 4.62. The van der Waals surface area contributed by atoms with E-state index >= 15 is 0 Å². The molecule has 1 unspecified atom stereocenters. The minimum Gasteiger partial charge on any atom is -0.371 e. The van der Waals surface area contributed by atoms with Crippen LogP contribution in [0.25, 0.3) is 0 Å². The van der Waals surface area contributed by atoms with Crippen LogP contribution in [-0.2, 0) is 16.6 Å². The lowest BCUT2D eigenvalue weighted by molar-refractivity contribution is -0.386. The zero-order valence-electron chi connectivity index (χ0n) is 9.46. The first-order valence-electron chi connectivity index (χ1n) is 5.39. The molecule has 7 nitrogen and oxygen atoms in total. The number of nitrogens with zero attached hydrogens (tertiary/aromatic N) is 3. The van der Waals surface area contributed by atoms with Crippen LogP contribution in [0.1, 0.15) is 31.1 Å². The molecule has 0 saturated carbocycles. The quantitative estimate of drug-likeness (QED) is 0.570. The number of Topliss-reactive ketones (excluding diaryl/α,β-unsaturated/α-hetero) is 1. The van der Waals surface area contributed by atoms with Crippen LogP contribution in [0.2, 0.25) is 0 Å². The van der Waals surface area contributed by atoms with Gasteiger partial charge in [-0.3, -0.25) is 19.6 Å². The number of rotatable bonds is 2. The average molecular weight is 239 g/mol. The lowest BCUT2D eigenvalue weighted by Gasteiger charge is -2.13. The van der Waals surface area contributed by atoms with E-state index in [1.54, 1.807) is 7.05 Å². The van der Waals surface area contributed by atoms with Gasteiger partial charge in [-0.05, 0) is 6.42 Å². The van der Waals surface area contributed by atoms with Crippen molar-refractivity contribution in [1.29, 1.82) is 0 Å². The van der Waals surface area contributed by atoms with Gasteiger partial charge in [-0.2, -0.15) is 5.10 Å². The molecule has 1 aliphatic heterocycles. The van der Waals surface area contributed by atoms with Gasteiger partial charge in [0, 0.05) is 26.5 Å². The Morgan fingerprint density at radius 3 is 3.12 bits per heavy atom. The highest BCUT2D eigenvalue weighted by Gasteiger charge is 2.30. The Kier molecular flexibility index (Phi) is 3.19. The van der Waals surface area contributed by atoms with Crippen LogP contribution in [0.15, 0.2) is 6.20 Å². The fraction of sp³-hybridized carbons (Fsp3) is 0.600. The molecule has 1 aliphatic rings. The van der Waals surface area contributed by atoms with Crippen LogP contribution >= 0.6 is 0 Å². The summed E-state index contributed by atoms with van der Waals surface area (Å²) >= 11 is 0. The van der Waals surface area contributed by atoms with Gasteiger partial charge in [-0.15, -0.1) is 0 Å². The highest BCUT2D eigenvalue weighted by atomic mass is 16.6. The Morgan fingerprint density at radius 2 is 2.41 bits per heavy atom. The summed E-state index contributed by atoms with van der Waals surface area (Å²) in [5, 5.41) is 14.7. The lowest BCUT2D eigenvalue weighted by Crippen LogP contribution is -2.12. The van der Waals surface area contributed by atoms with Gasteiger partial charge in [0.25, 0.3) is 0 Å². The molecule has 1 atom stereocenters. The van der Waals surface area contributed by atoms with Crippen molar-refractivity contribution in [3.8, 4) is 0 Å². The minimum atomic E-state index is -0.558. The zero-order chi connectivity index (χ0) is 12.4. The number of aromatic nitrogens is 2. The summed E-state index contributed by atoms with van der Waals surface area (Å²) in [6.07, 6.45) is 1.95. The summed E-state index contributed by atoms with van der Waals surface area (Å²) in [6.45, 7) is 0.443. The molecular weight excluding hydrogens is 226 g/mol. The van der Waals surface area contributed by atoms with E-state index in [0.29, 0.717) is 25.1 Å². The van der Waals surface area contributed by atoms with Gasteiger partial charge in [-0.1, -0.05) is 0 Å². The third kappa shape index (κ3) is 2.33. The molecule has 7 heteroatoms. The number of aryl methyl sites for hydroxylation is 1. The average Bonchev–Trinajstić information content (AvgIpc) is 2.52. The standard InChI is InChI=1S/C10H13N3O4/c1-12-10(8(6-11-12)13(15)16)9-5-7(14)3-2-4-17-9/h6,9H,2-5H2,1H3. The van der Waals surface area contributed by atoms with Gasteiger partial charge in [-0.25, -0.2) is 0 Å². The van der Waals surface area contributed by atoms with Gasteiger partial charge in [0.2, 0.25) is 0 Å². The first kappa shape index (κ1) is 11.7. The topological polar surface area (TPSA) is 87.3 Å². The van der Waals surface area contributed by atoms with Crippen LogP contribution in [0.3, 0.4) is 0 Å². The molecular formula is C10H13N3O4. The third-order valence-corrected chi connectivity index (χ3v) is 2.80. The summed E-state index contributed by atoms with van der Waals surface area (Å²) in [4.78, 5) is 21.9. The van der Waals surface area contributed by atoms with Crippen LogP contribution in [0.5, 0.6) is 0 Å². The second-order valence-electron chi connectivity index (χ2n) is 4.00. The van der Waals surface area contributed by atoms with E-state index in [4.69, 9.17) is 4.74 Å². The Morgan fingerprint density at radius 1 is 1.65 bits per heavy atom. The highest BCUT2D eigenvalue weighted by molar-refractivity contribution is 5.79. The number of ketones is 1. The zero-order valence-corrected chi connectivity index (χ0v) is 9.46. The van der Waals surface area contributed by atoms with Gasteiger partial charge in [0.15, 0.2) is 0 Å². The molecule has 17 heavy (non-hydrogen) atoms. The molecule has 0 aliphatic carbocycles. The Balaban J connectivity index is 2.34. The van der Waals surface area contributed by atoms with Crippen LogP contribution in [-0.4, -0.2) is 27.1 Å². The molecule has 0 radical (unpaired) electrons. The maximum absolute atomic E-state index is 11.5. The van der Waals surface area contributed by atoms with E-state index in [2.05, 4.69) is 5.10 Å². The Bertz CT molecular complexity index is 454. The summed E-state index contributed by atoms with van der Waals surface area (Å²) < 4.78 is 6.91. The maximum Gasteiger partial charge on any atom is 0.312 e. The van der Waals surface area contributed by atoms with Gasteiger partial charge in [0.05, 0.1) is 4.92 Å². The fourth-order valence-electron chi connectivity index (χ4n) is 1.99. The smallest absolute Gasteiger partial charge is 0.312 e. The van der Waals surface area contributed by atoms with Crippen molar-refractivity contribution in [2.24, 2.45) is 7.05 Å². The van der Waals surface area contributed by atoms with Gasteiger partial charge < -0.3 is 4.74 Å². The third-order valence-electron chi connectivity index (χ3n) is 2.80. The maximum atomic E-state index is 11.5. The number of nitro groups is 1. The molecule has 92 valence electrons. The van der Waals surface area contributed by atoms with Crippen molar-refractivity contribution < 1.29 is 14.5 Å². The molecule has 1 aromatic rings. The van der Waals surface area contributed by atoms with Crippen molar-refractivity contribution in [2.75, 3.05) is 6.61 Å². The van der Waals surface area contributed by atoms with E-state index in [9.17, 15) is 14.9 Å². The Labute approximate surface area is 97.5 Å². The molecule has 0 N–H and O–H groups in total. The number of ether oxygens (including phenoxy) is 1. The number of hydrogen-bond acceptors (Lipinski definition) is 5. The molecule has 2 heterocycles. The van der Waals surface area contributed by atoms with E-state index in [0.717, 1.165) is 0 Å². The molecule has 0 aromatic carbocycles. The van der Waals surface area contributed by atoms with Gasteiger partial charge in [0.1, 0.15) is 23.8 Å². The number of carbonyl (C=O) groups excluding carboxylic acids is 1. The Hall–Kier alpha value is -1.76. The van der Waals surface area contributed by atoms with Gasteiger partial charge >= 0.3 is 5.69 Å². The van der Waals surface area contributed by atoms with E-state index in [1.165, 1.54) is 10.9 Å². The first-order chi connectivity index (χ1) is 8.09. The largest absolute Gasteiger partial charge is 0.371 e. The normalized spacial score (nSPS) is 21.2. The summed E-state index contributed by atoms with van der Waals surface area (Å²) in [5.41, 5.74) is 0.275. The molecule has 0 amide bonds. The fourth-order valence-corrected chi connectivity index (χ4v) is 1.99. The first-order valence-corrected chi connectivity index (χ1v) is 5.39. The monoisotopic (exact) mass is 239 g/mol. The molecule has 0 spiro atoms. The van der Waals surface area contributed by atoms with E-state index in [1.807, 2.05) is 0 Å². The van der Waals surface area contributed by atoms with E-state index < -0.39 is 11.0 Å². The lowest BCUT2D eigenvalue weighted by atomic mass is 10.1. The summed E-state index contributed by atoms with van der Waals surface area (Å²) in [6, 6.07) is 0. The van der Waals surface area contributed by atoms with Crippen molar-refractivity contribution in [3.05, 3.63) is 22.0 Å². The number of hydrogen-bond donors (Lipinski definition) is 0. The SMILES string of the molecule is Cn1ncc([N+](=O)[O-])c1C1CC(=O)CCCO1.